The summed E-state index contributed by atoms with van der Waals surface area (Å²) in [5.41, 5.74) is 1.59. The summed E-state index contributed by atoms with van der Waals surface area (Å²) in [6, 6.07) is 15.1. The number of para-hydroxylation sites is 1. The van der Waals surface area contributed by atoms with Gasteiger partial charge in [-0.15, -0.1) is 0 Å². The van der Waals surface area contributed by atoms with Gasteiger partial charge in [0.1, 0.15) is 5.75 Å². The van der Waals surface area contributed by atoms with Gasteiger partial charge in [0.2, 0.25) is 0 Å². The Kier molecular flexibility index (Phi) is 4.81. The summed E-state index contributed by atoms with van der Waals surface area (Å²) in [5, 5.41) is 9.78. The van der Waals surface area contributed by atoms with Crippen molar-refractivity contribution in [1.82, 2.24) is 4.90 Å². The van der Waals surface area contributed by atoms with Crippen molar-refractivity contribution in [2.45, 2.75) is 6.42 Å². The molecule has 4 rings (SSSR count). The van der Waals surface area contributed by atoms with Crippen molar-refractivity contribution in [2.24, 2.45) is 11.3 Å². The van der Waals surface area contributed by atoms with Crippen LogP contribution in [0.25, 0.3) is 11.1 Å². The van der Waals surface area contributed by atoms with Gasteiger partial charge in [-0.1, -0.05) is 30.3 Å². The van der Waals surface area contributed by atoms with Crippen molar-refractivity contribution >= 4 is 11.9 Å². The zero-order chi connectivity index (χ0) is 19.7. The first-order valence-corrected chi connectivity index (χ1v) is 9.39. The predicted molar refractivity (Wildman–Crippen MR) is 103 cm³/mol. The number of methoxy groups -OCH3 is 1. The van der Waals surface area contributed by atoms with Crippen LogP contribution < -0.4 is 4.74 Å². The van der Waals surface area contributed by atoms with Crippen molar-refractivity contribution in [1.29, 1.82) is 0 Å². The topological polar surface area (TPSA) is 76.1 Å². The summed E-state index contributed by atoms with van der Waals surface area (Å²) < 4.78 is 10.9. The molecule has 2 aromatic rings. The van der Waals surface area contributed by atoms with E-state index in [1.807, 2.05) is 36.4 Å². The number of ether oxygens (including phenoxy) is 2. The largest absolute Gasteiger partial charge is 0.496 e. The lowest BCUT2D eigenvalue weighted by Crippen LogP contribution is -2.45. The van der Waals surface area contributed by atoms with Crippen molar-refractivity contribution in [3.8, 4) is 16.9 Å². The molecule has 6 nitrogen and oxygen atoms in total. The second-order valence-electron chi connectivity index (χ2n) is 7.45. The van der Waals surface area contributed by atoms with Gasteiger partial charge in [-0.25, -0.2) is 0 Å². The molecule has 2 saturated heterocycles. The number of hydrogen-bond donors (Lipinski definition) is 1. The minimum atomic E-state index is -0.884. The zero-order valence-corrected chi connectivity index (χ0v) is 15.8. The number of benzene rings is 2. The highest BCUT2D eigenvalue weighted by atomic mass is 16.5. The normalized spacial score (nSPS) is 23.9. The van der Waals surface area contributed by atoms with Gasteiger partial charge in [-0.2, -0.15) is 0 Å². The Bertz CT molecular complexity index is 894. The first-order valence-electron chi connectivity index (χ1n) is 9.39. The zero-order valence-electron chi connectivity index (χ0n) is 15.8. The fourth-order valence-electron chi connectivity index (χ4n) is 4.31. The average molecular weight is 381 g/mol. The van der Waals surface area contributed by atoms with E-state index in [0.717, 1.165) is 16.9 Å². The number of nitrogens with zero attached hydrogens (tertiary/aromatic N) is 1. The van der Waals surface area contributed by atoms with Gasteiger partial charge in [0.15, 0.2) is 0 Å². The summed E-state index contributed by atoms with van der Waals surface area (Å²) in [4.78, 5) is 26.6. The van der Waals surface area contributed by atoms with E-state index >= 15 is 0 Å². The Morgan fingerprint density at radius 3 is 2.61 bits per heavy atom. The molecule has 0 radical (unpaired) electrons. The Morgan fingerprint density at radius 2 is 1.93 bits per heavy atom. The Balaban J connectivity index is 1.55. The number of carbonyl (C=O) groups excluding carboxylic acids is 1. The molecule has 0 saturated carbocycles. The van der Waals surface area contributed by atoms with E-state index in [2.05, 4.69) is 0 Å². The van der Waals surface area contributed by atoms with E-state index in [9.17, 15) is 14.7 Å². The fraction of sp³-hybridized carbons (Fsp3) is 0.364. The van der Waals surface area contributed by atoms with Gasteiger partial charge >= 0.3 is 5.97 Å². The quantitative estimate of drug-likeness (QED) is 0.881. The lowest BCUT2D eigenvalue weighted by atomic mass is 9.74. The molecule has 2 aromatic carbocycles. The molecule has 146 valence electrons. The summed E-state index contributed by atoms with van der Waals surface area (Å²) in [7, 11) is 1.63. The fourth-order valence-corrected chi connectivity index (χ4v) is 4.31. The number of hydrogen-bond acceptors (Lipinski definition) is 4. The predicted octanol–water partition coefficient (Wildman–Crippen LogP) is 2.93. The van der Waals surface area contributed by atoms with E-state index in [1.54, 1.807) is 24.1 Å². The molecule has 0 aromatic heterocycles. The molecule has 2 heterocycles. The highest BCUT2D eigenvalue weighted by molar-refractivity contribution is 5.95. The summed E-state index contributed by atoms with van der Waals surface area (Å²) in [6.45, 7) is 1.48. The number of carboxylic acid groups (broad SMARTS) is 1. The van der Waals surface area contributed by atoms with Crippen molar-refractivity contribution < 1.29 is 24.2 Å². The van der Waals surface area contributed by atoms with Crippen LogP contribution >= 0.6 is 0 Å². The highest BCUT2D eigenvalue weighted by Crippen LogP contribution is 2.43. The molecule has 2 aliphatic heterocycles. The van der Waals surface area contributed by atoms with E-state index in [4.69, 9.17) is 9.47 Å². The molecule has 2 fully saturated rings. The molecule has 0 aliphatic carbocycles. The maximum absolute atomic E-state index is 13.0. The van der Waals surface area contributed by atoms with Gasteiger partial charge in [-0.3, -0.25) is 9.59 Å². The highest BCUT2D eigenvalue weighted by Gasteiger charge is 2.54. The van der Waals surface area contributed by atoms with Crippen LogP contribution in [0.4, 0.5) is 0 Å². The number of carboxylic acids is 1. The second-order valence-corrected chi connectivity index (χ2v) is 7.45. The van der Waals surface area contributed by atoms with Crippen molar-refractivity contribution in [3.63, 3.8) is 0 Å². The standard InChI is InChI=1S/C22H23NO5/c1-27-19-5-3-2-4-18(19)15-6-8-16(9-7-15)20(24)23-12-17-13-28-11-10-22(17,14-23)21(25)26/h2-9,17H,10-14H2,1H3,(H,25,26)/t17-,22+/m1/s1. The average Bonchev–Trinajstić information content (AvgIpc) is 3.14. The van der Waals surface area contributed by atoms with Gasteiger partial charge in [-0.05, 0) is 30.2 Å². The number of aliphatic carboxylic acids is 1. The first kappa shape index (κ1) is 18.5. The van der Waals surface area contributed by atoms with Crippen LogP contribution in [0.5, 0.6) is 5.75 Å². The summed E-state index contributed by atoms with van der Waals surface area (Å²) in [6.07, 6.45) is 0.448. The third-order valence-corrected chi connectivity index (χ3v) is 5.97. The van der Waals surface area contributed by atoms with Crippen LogP contribution in [-0.4, -0.2) is 55.3 Å². The maximum Gasteiger partial charge on any atom is 0.311 e. The molecule has 0 bridgehead atoms. The molecular formula is C22H23NO5. The van der Waals surface area contributed by atoms with Gasteiger partial charge in [0, 0.05) is 36.7 Å². The lowest BCUT2D eigenvalue weighted by Gasteiger charge is -2.33. The van der Waals surface area contributed by atoms with Gasteiger partial charge in [0.05, 0.1) is 19.1 Å². The van der Waals surface area contributed by atoms with E-state index in [0.29, 0.717) is 31.7 Å². The minimum absolute atomic E-state index is 0.137. The summed E-state index contributed by atoms with van der Waals surface area (Å²) >= 11 is 0. The smallest absolute Gasteiger partial charge is 0.311 e. The summed E-state index contributed by atoms with van der Waals surface area (Å²) in [5.74, 6) is -0.353. The van der Waals surface area contributed by atoms with E-state index in [1.165, 1.54) is 0 Å². The van der Waals surface area contributed by atoms with Crippen LogP contribution in [0.15, 0.2) is 48.5 Å². The molecule has 0 spiro atoms. The molecule has 0 unspecified atom stereocenters. The second kappa shape index (κ2) is 7.28. The number of amides is 1. The van der Waals surface area contributed by atoms with Crippen LogP contribution in [-0.2, 0) is 9.53 Å². The van der Waals surface area contributed by atoms with Crippen LogP contribution in [0.1, 0.15) is 16.8 Å². The number of rotatable bonds is 4. The monoisotopic (exact) mass is 381 g/mol. The SMILES string of the molecule is COc1ccccc1-c1ccc(C(=O)N2C[C@@H]3COCC[C@]3(C(=O)O)C2)cc1. The molecule has 28 heavy (non-hydrogen) atoms. The number of fused-ring (bicyclic) bond motifs is 1. The molecular weight excluding hydrogens is 358 g/mol. The maximum atomic E-state index is 13.0. The number of likely N-dealkylation sites (tertiary alicyclic amines) is 1. The lowest BCUT2D eigenvalue weighted by molar-refractivity contribution is -0.157. The molecule has 2 aliphatic rings. The van der Waals surface area contributed by atoms with E-state index < -0.39 is 11.4 Å². The third kappa shape index (κ3) is 3.03. The molecule has 6 heteroatoms. The van der Waals surface area contributed by atoms with Crippen molar-refractivity contribution in [3.05, 3.63) is 54.1 Å². The molecule has 1 N–H and O–H groups in total. The molecule has 1 amide bonds. The van der Waals surface area contributed by atoms with Crippen LogP contribution in [0.2, 0.25) is 0 Å². The van der Waals surface area contributed by atoms with Gasteiger partial charge in [0.25, 0.3) is 5.91 Å². The minimum Gasteiger partial charge on any atom is -0.496 e. The Labute approximate surface area is 163 Å². The van der Waals surface area contributed by atoms with Gasteiger partial charge < -0.3 is 19.5 Å². The van der Waals surface area contributed by atoms with Crippen LogP contribution in [0.3, 0.4) is 0 Å². The Hall–Kier alpha value is -2.86. The van der Waals surface area contributed by atoms with Crippen molar-refractivity contribution in [2.75, 3.05) is 33.4 Å². The first-order chi connectivity index (χ1) is 13.5. The molecule has 2 atom stereocenters. The Morgan fingerprint density at radius 1 is 1.18 bits per heavy atom. The van der Waals surface area contributed by atoms with E-state index in [-0.39, 0.29) is 18.4 Å². The third-order valence-electron chi connectivity index (χ3n) is 5.97. The van der Waals surface area contributed by atoms with Crippen LogP contribution in [0, 0.1) is 11.3 Å². The number of carbonyl (C=O) groups is 2.